The first-order valence-electron chi connectivity index (χ1n) is 13.0. The number of ether oxygens (including phenoxy) is 2. The lowest BCUT2D eigenvalue weighted by molar-refractivity contribution is -0.274. The second-order valence-corrected chi connectivity index (χ2v) is 9.41. The van der Waals surface area contributed by atoms with E-state index in [4.69, 9.17) is 9.84 Å². The van der Waals surface area contributed by atoms with Crippen molar-refractivity contribution in [2.24, 2.45) is 0 Å². The molecule has 1 saturated heterocycles. The SMILES string of the molecule is C1CC1.CCC1CN(c2ccc(C(=O)O)cc2)C(=O)O1.CCNCc1ccc(OC(F)(F)F)c(C2CC2)c1. The highest BCUT2D eigenvalue weighted by molar-refractivity contribution is 5.92. The third-order valence-electron chi connectivity index (χ3n) is 6.01. The largest absolute Gasteiger partial charge is 0.573 e. The second kappa shape index (κ2) is 13.5. The Balaban J connectivity index is 0.000000189. The van der Waals surface area contributed by atoms with Crippen LogP contribution in [0.1, 0.15) is 79.8 Å². The van der Waals surface area contributed by atoms with Gasteiger partial charge in [-0.1, -0.05) is 45.2 Å². The molecule has 2 saturated carbocycles. The summed E-state index contributed by atoms with van der Waals surface area (Å²) < 4.78 is 46.0. The first-order valence-corrected chi connectivity index (χ1v) is 13.0. The zero-order chi connectivity index (χ0) is 27.7. The Morgan fingerprint density at radius 2 is 1.76 bits per heavy atom. The van der Waals surface area contributed by atoms with E-state index >= 15 is 0 Å². The van der Waals surface area contributed by atoms with E-state index in [1.165, 1.54) is 42.4 Å². The van der Waals surface area contributed by atoms with Crippen LogP contribution in [0.2, 0.25) is 0 Å². The number of benzene rings is 2. The Morgan fingerprint density at radius 1 is 1.11 bits per heavy atom. The number of cyclic esters (lactones) is 1. The summed E-state index contributed by atoms with van der Waals surface area (Å²) in [6.45, 7) is 5.96. The van der Waals surface area contributed by atoms with E-state index in [1.54, 1.807) is 18.2 Å². The maximum Gasteiger partial charge on any atom is 0.573 e. The smallest absolute Gasteiger partial charge is 0.478 e. The number of nitrogens with zero attached hydrogens (tertiary/aromatic N) is 1. The molecule has 1 heterocycles. The molecule has 1 atom stereocenters. The van der Waals surface area contributed by atoms with Gasteiger partial charge in [0, 0.05) is 12.2 Å². The molecule has 1 unspecified atom stereocenters. The van der Waals surface area contributed by atoms with Gasteiger partial charge in [0.25, 0.3) is 0 Å². The van der Waals surface area contributed by atoms with Crippen LogP contribution >= 0.6 is 0 Å². The van der Waals surface area contributed by atoms with Crippen LogP contribution < -0.4 is 15.0 Å². The van der Waals surface area contributed by atoms with Crippen LogP contribution in [0, 0.1) is 0 Å². The summed E-state index contributed by atoms with van der Waals surface area (Å²) in [6.07, 6.45) is 2.08. The zero-order valence-corrected chi connectivity index (χ0v) is 21.7. The fourth-order valence-corrected chi connectivity index (χ4v) is 3.64. The average Bonchev–Trinajstić information content (AvgIpc) is 3.80. The first kappa shape index (κ1) is 29.3. The minimum atomic E-state index is -4.62. The number of nitrogens with one attached hydrogen (secondary N) is 1. The van der Waals surface area contributed by atoms with Crippen LogP contribution in [0.5, 0.6) is 5.75 Å². The lowest BCUT2D eigenvalue weighted by atomic mass is 10.1. The number of carboxylic acids is 1. The van der Waals surface area contributed by atoms with Crippen molar-refractivity contribution in [1.29, 1.82) is 0 Å². The van der Waals surface area contributed by atoms with Crippen molar-refractivity contribution < 1.29 is 37.3 Å². The summed E-state index contributed by atoms with van der Waals surface area (Å²) in [4.78, 5) is 23.8. The summed E-state index contributed by atoms with van der Waals surface area (Å²) in [6, 6.07) is 11.1. The molecule has 0 spiro atoms. The van der Waals surface area contributed by atoms with E-state index in [9.17, 15) is 22.8 Å². The molecular formula is C28H35F3N2O5. The molecule has 1 amide bonds. The highest BCUT2D eigenvalue weighted by Crippen LogP contribution is 2.45. The van der Waals surface area contributed by atoms with Crippen molar-refractivity contribution in [3.8, 4) is 5.75 Å². The van der Waals surface area contributed by atoms with Gasteiger partial charge in [-0.05, 0) is 73.2 Å². The van der Waals surface area contributed by atoms with Gasteiger partial charge in [0.1, 0.15) is 11.9 Å². The van der Waals surface area contributed by atoms with Crippen molar-refractivity contribution in [2.75, 3.05) is 18.0 Å². The Morgan fingerprint density at radius 3 is 2.24 bits per heavy atom. The lowest BCUT2D eigenvalue weighted by Crippen LogP contribution is -2.24. The highest BCUT2D eigenvalue weighted by Gasteiger charge is 2.35. The normalized spacial score (nSPS) is 18.0. The fraction of sp³-hybridized carbons (Fsp3) is 0.500. The topological polar surface area (TPSA) is 88.1 Å². The van der Waals surface area contributed by atoms with Crippen LogP contribution in [0.15, 0.2) is 42.5 Å². The van der Waals surface area contributed by atoms with E-state index in [2.05, 4.69) is 10.1 Å². The summed E-state index contributed by atoms with van der Waals surface area (Å²) in [5.74, 6) is -0.804. The van der Waals surface area contributed by atoms with Crippen LogP contribution in [0.3, 0.4) is 0 Å². The molecule has 38 heavy (non-hydrogen) atoms. The average molecular weight is 537 g/mol. The molecular weight excluding hydrogens is 501 g/mol. The standard InChI is InChI=1S/C13H16F3NO.C12H13NO4.C3H6/c1-2-17-8-9-3-6-12(18-13(14,15)16)11(7-9)10-4-5-10;1-2-10-7-13(12(16)17-10)9-5-3-8(4-6-9)11(14)15;1-2-3-1/h3,6-7,10,17H,2,4-5,8H2,1H3;3-6,10H,2,7H2,1H3,(H,14,15);1-3H2. The van der Waals surface area contributed by atoms with Crippen LogP contribution in [-0.4, -0.2) is 42.7 Å². The molecule has 5 rings (SSSR count). The van der Waals surface area contributed by atoms with Gasteiger partial charge in [-0.3, -0.25) is 4.90 Å². The fourth-order valence-electron chi connectivity index (χ4n) is 3.64. The Labute approximate surface area is 220 Å². The maximum absolute atomic E-state index is 12.3. The Kier molecular flexibility index (Phi) is 10.4. The molecule has 2 aliphatic carbocycles. The number of carboxylic acid groups (broad SMARTS) is 1. The molecule has 3 fully saturated rings. The van der Waals surface area contributed by atoms with Crippen molar-refractivity contribution in [1.82, 2.24) is 5.32 Å². The highest BCUT2D eigenvalue weighted by atomic mass is 19.4. The summed E-state index contributed by atoms with van der Waals surface area (Å²) in [5, 5.41) is 11.9. The third-order valence-corrected chi connectivity index (χ3v) is 6.01. The minimum Gasteiger partial charge on any atom is -0.478 e. The van der Waals surface area contributed by atoms with Gasteiger partial charge in [-0.15, -0.1) is 13.2 Å². The van der Waals surface area contributed by atoms with Gasteiger partial charge in [-0.2, -0.15) is 0 Å². The van der Waals surface area contributed by atoms with Gasteiger partial charge in [-0.25, -0.2) is 9.59 Å². The molecule has 0 aromatic heterocycles. The van der Waals surface area contributed by atoms with Crippen LogP contribution in [0.4, 0.5) is 23.7 Å². The molecule has 7 nitrogen and oxygen atoms in total. The summed E-state index contributed by atoms with van der Waals surface area (Å²) >= 11 is 0. The number of carbonyl (C=O) groups excluding carboxylic acids is 1. The van der Waals surface area contributed by atoms with Gasteiger partial charge < -0.3 is 19.9 Å². The van der Waals surface area contributed by atoms with Crippen molar-refractivity contribution in [3.63, 3.8) is 0 Å². The number of alkyl halides is 3. The predicted molar refractivity (Wildman–Crippen MR) is 138 cm³/mol. The molecule has 2 aromatic rings. The van der Waals surface area contributed by atoms with E-state index in [-0.39, 0.29) is 29.4 Å². The molecule has 10 heteroatoms. The number of amides is 1. The second-order valence-electron chi connectivity index (χ2n) is 9.41. The number of anilines is 1. The maximum atomic E-state index is 12.3. The van der Waals surface area contributed by atoms with E-state index in [0.717, 1.165) is 31.4 Å². The number of halogens is 3. The van der Waals surface area contributed by atoms with Crippen molar-refractivity contribution in [2.45, 2.75) is 77.3 Å². The molecule has 3 aliphatic rings. The van der Waals surface area contributed by atoms with Crippen molar-refractivity contribution >= 4 is 17.7 Å². The lowest BCUT2D eigenvalue weighted by Gasteiger charge is -2.14. The first-order chi connectivity index (χ1) is 18.1. The monoisotopic (exact) mass is 536 g/mol. The quantitative estimate of drug-likeness (QED) is 0.383. The zero-order valence-electron chi connectivity index (χ0n) is 21.7. The summed E-state index contributed by atoms with van der Waals surface area (Å²) in [7, 11) is 0. The molecule has 208 valence electrons. The molecule has 2 aromatic carbocycles. The van der Waals surface area contributed by atoms with Crippen LogP contribution in [0.25, 0.3) is 0 Å². The number of carbonyl (C=O) groups is 2. The van der Waals surface area contributed by atoms with Gasteiger partial charge in [0.2, 0.25) is 0 Å². The third kappa shape index (κ3) is 9.55. The molecule has 2 N–H and O–H groups in total. The molecule has 1 aliphatic heterocycles. The predicted octanol–water partition coefficient (Wildman–Crippen LogP) is 6.86. The number of rotatable bonds is 8. The van der Waals surface area contributed by atoms with Crippen LogP contribution in [-0.2, 0) is 11.3 Å². The van der Waals surface area contributed by atoms with E-state index in [1.807, 2.05) is 19.9 Å². The number of hydrogen-bond donors (Lipinski definition) is 2. The number of hydrogen-bond acceptors (Lipinski definition) is 5. The minimum absolute atomic E-state index is 0.0507. The van der Waals surface area contributed by atoms with E-state index < -0.39 is 12.3 Å². The van der Waals surface area contributed by atoms with E-state index in [0.29, 0.717) is 24.3 Å². The number of aromatic carboxylic acids is 1. The van der Waals surface area contributed by atoms with Gasteiger partial charge in [0.05, 0.1) is 12.1 Å². The summed E-state index contributed by atoms with van der Waals surface area (Å²) in [5.41, 5.74) is 2.54. The molecule has 0 radical (unpaired) electrons. The Bertz CT molecular complexity index is 1070. The molecule has 0 bridgehead atoms. The van der Waals surface area contributed by atoms with Gasteiger partial charge >= 0.3 is 18.4 Å². The van der Waals surface area contributed by atoms with Crippen molar-refractivity contribution in [3.05, 3.63) is 59.2 Å². The van der Waals surface area contributed by atoms with Gasteiger partial charge in [0.15, 0.2) is 0 Å². The Hall–Kier alpha value is -3.27.